The van der Waals surface area contributed by atoms with Crippen molar-refractivity contribution in [1.82, 2.24) is 4.90 Å². The van der Waals surface area contributed by atoms with Gasteiger partial charge in [-0.2, -0.15) is 0 Å². The van der Waals surface area contributed by atoms with Gasteiger partial charge in [0.15, 0.2) is 0 Å². The van der Waals surface area contributed by atoms with Gasteiger partial charge in [-0.1, -0.05) is 22.6 Å². The molecule has 1 unspecified atom stereocenters. The van der Waals surface area contributed by atoms with E-state index >= 15 is 0 Å². The number of rotatable bonds is 2. The molecule has 1 aliphatic heterocycles. The number of halogens is 1. The maximum atomic E-state index is 11.6. The summed E-state index contributed by atoms with van der Waals surface area (Å²) >= 11 is 2.19. The lowest BCUT2D eigenvalue weighted by molar-refractivity contribution is -0.159. The Hall–Kier alpha value is 0.160. The molecule has 1 saturated carbocycles. The van der Waals surface area contributed by atoms with Gasteiger partial charge in [0.25, 0.3) is 0 Å². The van der Waals surface area contributed by atoms with Gasteiger partial charge in [-0.15, -0.1) is 0 Å². The van der Waals surface area contributed by atoms with Gasteiger partial charge in [-0.25, -0.2) is 0 Å². The SMILES string of the molecule is CC1(C)C(I)C(=O)N1C1(CO)CC1. The van der Waals surface area contributed by atoms with E-state index in [1.807, 2.05) is 4.90 Å². The van der Waals surface area contributed by atoms with E-state index in [0.29, 0.717) is 0 Å². The molecule has 4 heteroatoms. The second kappa shape index (κ2) is 2.59. The molecule has 2 fully saturated rings. The van der Waals surface area contributed by atoms with Crippen molar-refractivity contribution in [3.63, 3.8) is 0 Å². The van der Waals surface area contributed by atoms with Crippen molar-refractivity contribution >= 4 is 28.5 Å². The third-order valence-corrected chi connectivity index (χ3v) is 5.29. The first kappa shape index (κ1) is 9.71. The lowest BCUT2D eigenvalue weighted by Gasteiger charge is -2.55. The molecule has 0 bridgehead atoms. The van der Waals surface area contributed by atoms with Gasteiger partial charge in [0.2, 0.25) is 5.91 Å². The van der Waals surface area contributed by atoms with Crippen LogP contribution in [0.25, 0.3) is 0 Å². The Morgan fingerprint density at radius 3 is 2.46 bits per heavy atom. The molecule has 0 aromatic heterocycles. The minimum atomic E-state index is -0.192. The van der Waals surface area contributed by atoms with Gasteiger partial charge in [0, 0.05) is 0 Å². The van der Waals surface area contributed by atoms with Crippen molar-refractivity contribution in [2.24, 2.45) is 0 Å². The van der Waals surface area contributed by atoms with E-state index in [4.69, 9.17) is 0 Å². The highest BCUT2D eigenvalue weighted by Gasteiger charge is 2.64. The number of nitrogens with zero attached hydrogens (tertiary/aromatic N) is 1. The van der Waals surface area contributed by atoms with Crippen molar-refractivity contribution in [3.8, 4) is 0 Å². The Kier molecular flexibility index (Phi) is 1.94. The lowest BCUT2D eigenvalue weighted by Crippen LogP contribution is -2.73. The molecule has 0 aromatic carbocycles. The third kappa shape index (κ3) is 1.08. The van der Waals surface area contributed by atoms with E-state index in [2.05, 4.69) is 36.4 Å². The second-order valence-electron chi connectivity index (χ2n) is 4.57. The predicted octanol–water partition coefficient (Wildman–Crippen LogP) is 0.936. The smallest absolute Gasteiger partial charge is 0.238 e. The molecule has 0 aromatic rings. The van der Waals surface area contributed by atoms with Crippen LogP contribution in [-0.2, 0) is 4.79 Å². The van der Waals surface area contributed by atoms with Crippen LogP contribution in [0.1, 0.15) is 26.7 Å². The number of aliphatic hydroxyl groups is 1. The summed E-state index contributed by atoms with van der Waals surface area (Å²) in [4.78, 5) is 13.5. The maximum Gasteiger partial charge on any atom is 0.238 e. The fourth-order valence-electron chi connectivity index (χ4n) is 2.19. The van der Waals surface area contributed by atoms with E-state index in [1.54, 1.807) is 0 Å². The van der Waals surface area contributed by atoms with Crippen LogP contribution in [-0.4, -0.2) is 37.5 Å². The van der Waals surface area contributed by atoms with Crippen LogP contribution in [0.2, 0.25) is 0 Å². The summed E-state index contributed by atoms with van der Waals surface area (Å²) in [5, 5.41) is 9.23. The summed E-state index contributed by atoms with van der Waals surface area (Å²) in [5.41, 5.74) is -0.265. The van der Waals surface area contributed by atoms with Crippen molar-refractivity contribution in [2.75, 3.05) is 6.61 Å². The molecule has 1 saturated heterocycles. The molecule has 74 valence electrons. The van der Waals surface area contributed by atoms with Gasteiger partial charge in [0.05, 0.1) is 17.7 Å². The summed E-state index contributed by atoms with van der Waals surface area (Å²) < 4.78 is 0.0779. The Morgan fingerprint density at radius 1 is 1.62 bits per heavy atom. The van der Waals surface area contributed by atoms with Crippen LogP contribution < -0.4 is 0 Å². The first-order valence-corrected chi connectivity index (χ1v) is 5.79. The summed E-state index contributed by atoms with van der Waals surface area (Å²) in [6.45, 7) is 4.26. The van der Waals surface area contributed by atoms with E-state index in [1.165, 1.54) is 0 Å². The average molecular weight is 295 g/mol. The van der Waals surface area contributed by atoms with Crippen molar-refractivity contribution < 1.29 is 9.90 Å². The monoisotopic (exact) mass is 295 g/mol. The molecule has 0 radical (unpaired) electrons. The molecular weight excluding hydrogens is 281 g/mol. The van der Waals surface area contributed by atoms with Gasteiger partial charge in [-0.3, -0.25) is 4.79 Å². The van der Waals surface area contributed by atoms with Gasteiger partial charge >= 0.3 is 0 Å². The zero-order valence-corrected chi connectivity index (χ0v) is 10.0. The zero-order chi connectivity index (χ0) is 9.85. The number of carbonyl (C=O) groups is 1. The average Bonchev–Trinajstić information content (AvgIpc) is 2.85. The number of alkyl halides is 1. The summed E-state index contributed by atoms with van der Waals surface area (Å²) in [6.07, 6.45) is 1.92. The van der Waals surface area contributed by atoms with Crippen molar-refractivity contribution in [3.05, 3.63) is 0 Å². The van der Waals surface area contributed by atoms with Crippen LogP contribution >= 0.6 is 22.6 Å². The molecule has 3 nitrogen and oxygen atoms in total. The number of hydrogen-bond acceptors (Lipinski definition) is 2. The fraction of sp³-hybridized carbons (Fsp3) is 0.889. The molecule has 1 heterocycles. The van der Waals surface area contributed by atoms with Gasteiger partial charge in [-0.05, 0) is 26.7 Å². The number of likely N-dealkylation sites (tertiary alicyclic amines) is 1. The Balaban J connectivity index is 2.21. The quantitative estimate of drug-likeness (QED) is 0.468. The molecule has 0 spiro atoms. The van der Waals surface area contributed by atoms with Crippen LogP contribution in [0.4, 0.5) is 0 Å². The van der Waals surface area contributed by atoms with Crippen LogP contribution in [0.3, 0.4) is 0 Å². The highest BCUT2D eigenvalue weighted by molar-refractivity contribution is 14.1. The van der Waals surface area contributed by atoms with Crippen molar-refractivity contribution in [1.29, 1.82) is 0 Å². The van der Waals surface area contributed by atoms with E-state index in [9.17, 15) is 9.90 Å². The Morgan fingerprint density at radius 2 is 2.15 bits per heavy atom. The molecule has 1 amide bonds. The normalized spacial score (nSPS) is 34.3. The molecule has 1 N–H and O–H groups in total. The molecular formula is C9H14INO2. The van der Waals surface area contributed by atoms with Crippen LogP contribution in [0.5, 0.6) is 0 Å². The number of hydrogen-bond donors (Lipinski definition) is 1. The number of aliphatic hydroxyl groups excluding tert-OH is 1. The molecule has 1 atom stereocenters. The van der Waals surface area contributed by atoms with E-state index in [0.717, 1.165) is 12.8 Å². The highest BCUT2D eigenvalue weighted by Crippen LogP contribution is 2.52. The van der Waals surface area contributed by atoms with Gasteiger partial charge < -0.3 is 10.0 Å². The minimum Gasteiger partial charge on any atom is -0.394 e. The summed E-state index contributed by atoms with van der Waals surface area (Å²) in [6, 6.07) is 0. The maximum absolute atomic E-state index is 11.6. The largest absolute Gasteiger partial charge is 0.394 e. The molecule has 13 heavy (non-hydrogen) atoms. The second-order valence-corrected chi connectivity index (χ2v) is 5.82. The fourth-order valence-corrected chi connectivity index (χ4v) is 2.75. The lowest BCUT2D eigenvalue weighted by atomic mass is 9.85. The van der Waals surface area contributed by atoms with E-state index < -0.39 is 0 Å². The van der Waals surface area contributed by atoms with Crippen LogP contribution in [0, 0.1) is 0 Å². The van der Waals surface area contributed by atoms with Crippen molar-refractivity contribution in [2.45, 2.75) is 41.7 Å². The summed E-state index contributed by atoms with van der Waals surface area (Å²) in [5.74, 6) is 0.192. The topological polar surface area (TPSA) is 40.5 Å². The van der Waals surface area contributed by atoms with E-state index in [-0.39, 0.29) is 27.5 Å². The molecule has 1 aliphatic carbocycles. The van der Waals surface area contributed by atoms with Gasteiger partial charge in [0.1, 0.15) is 3.92 Å². The standard InChI is InChI=1S/C9H14INO2/c1-8(2)6(10)7(13)11(8)9(5-12)3-4-9/h6,12H,3-5H2,1-2H3. The Bertz CT molecular complexity index is 258. The molecule has 2 rings (SSSR count). The minimum absolute atomic E-state index is 0.0725. The third-order valence-electron chi connectivity index (χ3n) is 3.23. The highest BCUT2D eigenvalue weighted by atomic mass is 127. The summed E-state index contributed by atoms with van der Waals surface area (Å²) in [7, 11) is 0. The number of β-lactam (4-membered cyclic amide) rings is 1. The number of carbonyl (C=O) groups excluding carboxylic acids is 1. The predicted molar refractivity (Wildman–Crippen MR) is 57.8 cm³/mol. The first-order valence-electron chi connectivity index (χ1n) is 4.55. The molecule has 2 aliphatic rings. The van der Waals surface area contributed by atoms with Crippen LogP contribution in [0.15, 0.2) is 0 Å². The Labute approximate surface area is 91.6 Å². The zero-order valence-electron chi connectivity index (χ0n) is 7.88. The first-order chi connectivity index (χ1) is 5.96. The number of amides is 1.